The Bertz CT molecular complexity index is 497. The molecule has 0 bridgehead atoms. The Kier molecular flexibility index (Phi) is 4.34. The number of hydrogen-bond acceptors (Lipinski definition) is 1. The van der Waals surface area contributed by atoms with Gasteiger partial charge in [-0.05, 0) is 0 Å². The molecule has 0 amide bonds. The molecule has 0 radical (unpaired) electrons. The van der Waals surface area contributed by atoms with Crippen LogP contribution in [0.2, 0.25) is 5.32 Å². The molecule has 0 N–H and O–H groups in total. The zero-order chi connectivity index (χ0) is 12.9. The Morgan fingerprint density at radius 1 is 0.895 bits per heavy atom. The number of ether oxygens (including phenoxy) is 1. The molecular formula is C17H18OSe. The van der Waals surface area contributed by atoms with E-state index in [-0.39, 0.29) is 0 Å². The third-order valence-electron chi connectivity index (χ3n) is 3.46. The third kappa shape index (κ3) is 3.48. The monoisotopic (exact) mass is 318 g/mol. The van der Waals surface area contributed by atoms with Crippen molar-refractivity contribution < 1.29 is 4.74 Å². The molecule has 1 nitrogen and oxygen atoms in total. The fraction of sp³-hybridized carbons (Fsp3) is 0.294. The summed E-state index contributed by atoms with van der Waals surface area (Å²) in [6.45, 7) is 0. The summed E-state index contributed by atoms with van der Waals surface area (Å²) in [5.41, 5.74) is 1.33. The molecule has 19 heavy (non-hydrogen) atoms. The molecule has 2 aromatic rings. The van der Waals surface area contributed by atoms with Crippen molar-refractivity contribution in [2.75, 3.05) is 0 Å². The van der Waals surface area contributed by atoms with Crippen LogP contribution in [-0.4, -0.2) is 21.1 Å². The Hall–Kier alpha value is -1.08. The van der Waals surface area contributed by atoms with Crippen LogP contribution in [0.15, 0.2) is 60.7 Å². The first kappa shape index (κ1) is 12.9. The molecule has 2 heteroatoms. The van der Waals surface area contributed by atoms with Crippen LogP contribution in [0.1, 0.15) is 24.5 Å². The van der Waals surface area contributed by atoms with E-state index in [1.54, 1.807) is 0 Å². The Labute approximate surface area is 121 Å². The van der Waals surface area contributed by atoms with Crippen molar-refractivity contribution in [3.05, 3.63) is 66.2 Å². The molecule has 98 valence electrons. The fourth-order valence-electron chi connectivity index (χ4n) is 2.45. The van der Waals surface area contributed by atoms with E-state index in [9.17, 15) is 0 Å². The molecule has 2 aromatic carbocycles. The maximum atomic E-state index is 6.18. The minimum atomic E-state index is 0.317. The maximum absolute atomic E-state index is 6.18. The minimum absolute atomic E-state index is 0.317. The first-order valence-corrected chi connectivity index (χ1v) is 8.87. The number of hydrogen-bond donors (Lipinski definition) is 0. The second-order valence-electron chi connectivity index (χ2n) is 4.86. The van der Waals surface area contributed by atoms with Crippen LogP contribution in [0.25, 0.3) is 0 Å². The predicted octanol–water partition coefficient (Wildman–Crippen LogP) is 3.35. The molecule has 3 rings (SSSR count). The Balaban J connectivity index is 1.52. The van der Waals surface area contributed by atoms with Gasteiger partial charge in [0.05, 0.1) is 0 Å². The van der Waals surface area contributed by atoms with E-state index in [0.717, 1.165) is 0 Å². The van der Waals surface area contributed by atoms with Crippen molar-refractivity contribution in [1.82, 2.24) is 0 Å². The van der Waals surface area contributed by atoms with E-state index in [2.05, 4.69) is 60.7 Å². The topological polar surface area (TPSA) is 9.23 Å². The zero-order valence-electron chi connectivity index (χ0n) is 10.9. The van der Waals surface area contributed by atoms with Gasteiger partial charge in [0.25, 0.3) is 0 Å². The van der Waals surface area contributed by atoms with Crippen LogP contribution in [0.5, 0.6) is 0 Å². The van der Waals surface area contributed by atoms with Crippen LogP contribution in [-0.2, 0) is 4.74 Å². The molecule has 0 aliphatic carbocycles. The Morgan fingerprint density at radius 3 is 2.32 bits per heavy atom. The summed E-state index contributed by atoms with van der Waals surface area (Å²) in [5.74, 6) is 0. The van der Waals surface area contributed by atoms with Gasteiger partial charge in [0.2, 0.25) is 0 Å². The standard InChI is InChI=1S/C17H18OSe/c1-3-7-14(8-4-1)17-12-11-15(18-17)13-19-16-9-5-2-6-10-16/h1-10,15,17H,11-13H2/t15-,17+/m1/s1. The van der Waals surface area contributed by atoms with Crippen LogP contribution in [0.4, 0.5) is 0 Å². The van der Waals surface area contributed by atoms with Crippen LogP contribution in [0.3, 0.4) is 0 Å². The van der Waals surface area contributed by atoms with E-state index >= 15 is 0 Å². The van der Waals surface area contributed by atoms with Crippen LogP contribution >= 0.6 is 0 Å². The molecule has 0 saturated carbocycles. The summed E-state index contributed by atoms with van der Waals surface area (Å²) in [5, 5.41) is 1.19. The van der Waals surface area contributed by atoms with Gasteiger partial charge >= 0.3 is 121 Å². The first-order chi connectivity index (χ1) is 9.42. The third-order valence-corrected chi connectivity index (χ3v) is 5.86. The van der Waals surface area contributed by atoms with Gasteiger partial charge in [-0.25, -0.2) is 0 Å². The molecule has 0 aromatic heterocycles. The van der Waals surface area contributed by atoms with Gasteiger partial charge in [-0.2, -0.15) is 0 Å². The molecule has 1 fully saturated rings. The van der Waals surface area contributed by atoms with Gasteiger partial charge in [-0.15, -0.1) is 0 Å². The SMILES string of the molecule is c1ccc([Se]C[C@H]2CC[C@@H](c3ccccc3)O2)cc1. The molecule has 0 unspecified atom stereocenters. The fourth-order valence-corrected chi connectivity index (χ4v) is 4.49. The summed E-state index contributed by atoms with van der Waals surface area (Å²) in [4.78, 5) is 0. The van der Waals surface area contributed by atoms with E-state index in [1.807, 2.05) is 0 Å². The quantitative estimate of drug-likeness (QED) is 0.786. The summed E-state index contributed by atoms with van der Waals surface area (Å²) in [7, 11) is 0. The van der Waals surface area contributed by atoms with Crippen molar-refractivity contribution in [3.63, 3.8) is 0 Å². The summed E-state index contributed by atoms with van der Waals surface area (Å²) >= 11 is 0.539. The van der Waals surface area contributed by atoms with E-state index in [4.69, 9.17) is 4.74 Å². The molecule has 1 saturated heterocycles. The average Bonchev–Trinajstić information content (AvgIpc) is 2.96. The van der Waals surface area contributed by atoms with E-state index in [0.29, 0.717) is 27.2 Å². The van der Waals surface area contributed by atoms with Crippen LogP contribution < -0.4 is 4.46 Å². The average molecular weight is 317 g/mol. The molecule has 0 spiro atoms. The van der Waals surface area contributed by atoms with Gasteiger partial charge in [-0.1, -0.05) is 0 Å². The van der Waals surface area contributed by atoms with Crippen molar-refractivity contribution >= 4 is 19.4 Å². The van der Waals surface area contributed by atoms with E-state index in [1.165, 1.54) is 28.2 Å². The van der Waals surface area contributed by atoms with Gasteiger partial charge in [0.1, 0.15) is 0 Å². The molecule has 1 aliphatic rings. The van der Waals surface area contributed by atoms with Crippen LogP contribution in [0, 0.1) is 0 Å². The molecule has 2 atom stereocenters. The number of rotatable bonds is 4. The van der Waals surface area contributed by atoms with Gasteiger partial charge in [-0.3, -0.25) is 0 Å². The zero-order valence-corrected chi connectivity index (χ0v) is 12.6. The normalized spacial score (nSPS) is 22.5. The Morgan fingerprint density at radius 2 is 1.58 bits per heavy atom. The predicted molar refractivity (Wildman–Crippen MR) is 79.9 cm³/mol. The molecule has 1 heterocycles. The van der Waals surface area contributed by atoms with Crippen molar-refractivity contribution in [3.8, 4) is 0 Å². The van der Waals surface area contributed by atoms with Crippen molar-refractivity contribution in [2.24, 2.45) is 0 Å². The summed E-state index contributed by atoms with van der Waals surface area (Å²) in [6, 6.07) is 21.4. The van der Waals surface area contributed by atoms with Gasteiger partial charge in [0.15, 0.2) is 0 Å². The van der Waals surface area contributed by atoms with Crippen molar-refractivity contribution in [1.29, 1.82) is 0 Å². The summed E-state index contributed by atoms with van der Waals surface area (Å²) in [6.07, 6.45) is 3.14. The van der Waals surface area contributed by atoms with Gasteiger partial charge in [0, 0.05) is 0 Å². The first-order valence-electron chi connectivity index (χ1n) is 6.80. The molecular weight excluding hydrogens is 299 g/mol. The second-order valence-corrected chi connectivity index (χ2v) is 7.15. The van der Waals surface area contributed by atoms with Crippen molar-refractivity contribution in [2.45, 2.75) is 30.4 Å². The summed E-state index contributed by atoms with van der Waals surface area (Å²) < 4.78 is 7.66. The molecule has 1 aliphatic heterocycles. The second kappa shape index (κ2) is 6.38. The van der Waals surface area contributed by atoms with Gasteiger partial charge < -0.3 is 0 Å². The number of benzene rings is 2. The van der Waals surface area contributed by atoms with E-state index < -0.39 is 0 Å².